The van der Waals surface area contributed by atoms with E-state index in [1.54, 1.807) is 0 Å². The zero-order valence-corrected chi connectivity index (χ0v) is 7.30. The SMILES string of the molecule is N#CC1CCN(CCCF)CC1. The van der Waals surface area contributed by atoms with Crippen LogP contribution in [0.2, 0.25) is 0 Å². The van der Waals surface area contributed by atoms with E-state index < -0.39 is 0 Å². The van der Waals surface area contributed by atoms with Crippen LogP contribution in [0.5, 0.6) is 0 Å². The molecule has 1 fully saturated rings. The van der Waals surface area contributed by atoms with Crippen molar-refractivity contribution < 1.29 is 4.39 Å². The molecule has 1 heterocycles. The second-order valence-corrected chi connectivity index (χ2v) is 3.29. The smallest absolute Gasteiger partial charge is 0.0906 e. The Labute approximate surface area is 73.0 Å². The minimum Gasteiger partial charge on any atom is -0.303 e. The largest absolute Gasteiger partial charge is 0.303 e. The summed E-state index contributed by atoms with van der Waals surface area (Å²) in [7, 11) is 0. The molecule has 0 saturated carbocycles. The zero-order chi connectivity index (χ0) is 8.81. The molecule has 1 aliphatic rings. The van der Waals surface area contributed by atoms with E-state index >= 15 is 0 Å². The lowest BCUT2D eigenvalue weighted by Gasteiger charge is -2.28. The predicted octanol–water partition coefficient (Wildman–Crippen LogP) is 1.58. The van der Waals surface area contributed by atoms with Gasteiger partial charge in [0.15, 0.2) is 0 Å². The van der Waals surface area contributed by atoms with Crippen molar-refractivity contribution in [2.45, 2.75) is 19.3 Å². The molecule has 0 atom stereocenters. The van der Waals surface area contributed by atoms with E-state index in [1.807, 2.05) is 0 Å². The molecule has 1 rings (SSSR count). The Morgan fingerprint density at radius 1 is 1.42 bits per heavy atom. The summed E-state index contributed by atoms with van der Waals surface area (Å²) in [6.07, 6.45) is 2.56. The molecule has 12 heavy (non-hydrogen) atoms. The van der Waals surface area contributed by atoms with Gasteiger partial charge in [0.25, 0.3) is 0 Å². The van der Waals surface area contributed by atoms with Crippen molar-refractivity contribution in [3.05, 3.63) is 0 Å². The number of hydrogen-bond acceptors (Lipinski definition) is 2. The van der Waals surface area contributed by atoms with Gasteiger partial charge in [-0.2, -0.15) is 5.26 Å². The molecular weight excluding hydrogens is 155 g/mol. The van der Waals surface area contributed by atoms with Gasteiger partial charge in [-0.3, -0.25) is 4.39 Å². The van der Waals surface area contributed by atoms with Crippen LogP contribution in [0.1, 0.15) is 19.3 Å². The average Bonchev–Trinajstić information content (AvgIpc) is 2.15. The molecule has 0 aromatic carbocycles. The number of rotatable bonds is 3. The van der Waals surface area contributed by atoms with Crippen LogP contribution in [-0.2, 0) is 0 Å². The molecule has 0 amide bonds. The Morgan fingerprint density at radius 3 is 2.58 bits per heavy atom. The number of nitrogens with zero attached hydrogens (tertiary/aromatic N) is 2. The van der Waals surface area contributed by atoms with Crippen LogP contribution >= 0.6 is 0 Å². The maximum Gasteiger partial charge on any atom is 0.0906 e. The zero-order valence-electron chi connectivity index (χ0n) is 7.30. The van der Waals surface area contributed by atoms with Gasteiger partial charge < -0.3 is 4.90 Å². The van der Waals surface area contributed by atoms with E-state index in [9.17, 15) is 4.39 Å². The van der Waals surface area contributed by atoms with Gasteiger partial charge in [0.1, 0.15) is 0 Å². The third-order valence-electron chi connectivity index (χ3n) is 2.38. The lowest BCUT2D eigenvalue weighted by Crippen LogP contribution is -2.34. The molecule has 0 bridgehead atoms. The van der Waals surface area contributed by atoms with Crippen LogP contribution in [-0.4, -0.2) is 31.2 Å². The summed E-state index contributed by atoms with van der Waals surface area (Å²) in [6.45, 7) is 2.57. The Kier molecular flexibility index (Phi) is 4.02. The van der Waals surface area contributed by atoms with Crippen molar-refractivity contribution in [1.29, 1.82) is 5.26 Å². The van der Waals surface area contributed by atoms with Crippen LogP contribution in [0, 0.1) is 17.2 Å². The minimum absolute atomic E-state index is 0.224. The number of hydrogen-bond donors (Lipinski definition) is 0. The number of alkyl halides is 1. The lowest BCUT2D eigenvalue weighted by molar-refractivity contribution is 0.198. The van der Waals surface area contributed by atoms with Crippen LogP contribution < -0.4 is 0 Å². The van der Waals surface area contributed by atoms with Crippen LogP contribution in [0.4, 0.5) is 4.39 Å². The average molecular weight is 170 g/mol. The highest BCUT2D eigenvalue weighted by Crippen LogP contribution is 2.15. The molecule has 1 saturated heterocycles. The number of halogens is 1. The van der Waals surface area contributed by atoms with Crippen LogP contribution in [0.15, 0.2) is 0 Å². The fraction of sp³-hybridized carbons (Fsp3) is 0.889. The van der Waals surface area contributed by atoms with Gasteiger partial charge in [-0.05, 0) is 32.4 Å². The fourth-order valence-electron chi connectivity index (χ4n) is 1.57. The van der Waals surface area contributed by atoms with Gasteiger partial charge in [-0.25, -0.2) is 0 Å². The van der Waals surface area contributed by atoms with Crippen molar-refractivity contribution in [1.82, 2.24) is 4.90 Å². The third-order valence-corrected chi connectivity index (χ3v) is 2.38. The number of piperidine rings is 1. The standard InChI is InChI=1S/C9H15FN2/c10-4-1-5-12-6-2-9(8-11)3-7-12/h9H,1-7H2. The predicted molar refractivity (Wildman–Crippen MR) is 45.4 cm³/mol. The molecule has 3 heteroatoms. The van der Waals surface area contributed by atoms with E-state index in [1.165, 1.54) is 0 Å². The molecule has 1 aliphatic heterocycles. The van der Waals surface area contributed by atoms with Crippen molar-refractivity contribution >= 4 is 0 Å². The van der Waals surface area contributed by atoms with Crippen LogP contribution in [0.3, 0.4) is 0 Å². The minimum atomic E-state index is -0.224. The van der Waals surface area contributed by atoms with E-state index in [0.717, 1.165) is 32.5 Å². The normalized spacial score (nSPS) is 20.7. The first-order valence-corrected chi connectivity index (χ1v) is 4.54. The maximum absolute atomic E-state index is 11.8. The van der Waals surface area contributed by atoms with Gasteiger partial charge in [0.2, 0.25) is 0 Å². The van der Waals surface area contributed by atoms with Gasteiger partial charge in [-0.15, -0.1) is 0 Å². The first-order valence-electron chi connectivity index (χ1n) is 4.54. The van der Waals surface area contributed by atoms with Crippen molar-refractivity contribution in [3.8, 4) is 6.07 Å². The molecule has 0 aliphatic carbocycles. The van der Waals surface area contributed by atoms with E-state index in [2.05, 4.69) is 11.0 Å². The second-order valence-electron chi connectivity index (χ2n) is 3.29. The van der Waals surface area contributed by atoms with Gasteiger partial charge in [0, 0.05) is 12.5 Å². The Bertz CT molecular complexity index is 156. The summed E-state index contributed by atoms with van der Waals surface area (Å²) in [6, 6.07) is 2.28. The Hall–Kier alpha value is -0.620. The second kappa shape index (κ2) is 5.10. The monoisotopic (exact) mass is 170 g/mol. The molecule has 0 unspecified atom stereocenters. The Balaban J connectivity index is 2.14. The van der Waals surface area contributed by atoms with Crippen LogP contribution in [0.25, 0.3) is 0 Å². The van der Waals surface area contributed by atoms with Crippen molar-refractivity contribution in [3.63, 3.8) is 0 Å². The summed E-state index contributed by atoms with van der Waals surface area (Å²) in [5, 5.41) is 8.62. The summed E-state index contributed by atoms with van der Waals surface area (Å²) in [4.78, 5) is 2.24. The molecule has 0 radical (unpaired) electrons. The quantitative estimate of drug-likeness (QED) is 0.643. The molecule has 2 nitrogen and oxygen atoms in total. The topological polar surface area (TPSA) is 27.0 Å². The highest BCUT2D eigenvalue weighted by molar-refractivity contribution is 4.87. The van der Waals surface area contributed by atoms with Gasteiger partial charge in [-0.1, -0.05) is 0 Å². The van der Waals surface area contributed by atoms with Gasteiger partial charge in [0.05, 0.1) is 12.7 Å². The molecule has 0 aromatic rings. The van der Waals surface area contributed by atoms with E-state index in [4.69, 9.17) is 5.26 Å². The third kappa shape index (κ3) is 2.78. The highest BCUT2D eigenvalue weighted by Gasteiger charge is 2.17. The van der Waals surface area contributed by atoms with E-state index in [0.29, 0.717) is 6.42 Å². The maximum atomic E-state index is 11.8. The molecule has 68 valence electrons. The summed E-state index contributed by atoms with van der Waals surface area (Å²) >= 11 is 0. The first kappa shape index (κ1) is 9.47. The van der Waals surface area contributed by atoms with E-state index in [-0.39, 0.29) is 12.6 Å². The number of nitriles is 1. The molecule has 0 aromatic heterocycles. The molecule has 0 N–H and O–H groups in total. The molecule has 0 spiro atoms. The molecular formula is C9H15FN2. The first-order chi connectivity index (χ1) is 5.86. The summed E-state index contributed by atoms with van der Waals surface area (Å²) in [5.41, 5.74) is 0. The van der Waals surface area contributed by atoms with Crippen molar-refractivity contribution in [2.75, 3.05) is 26.3 Å². The number of likely N-dealkylation sites (tertiary alicyclic amines) is 1. The highest BCUT2D eigenvalue weighted by atomic mass is 19.1. The fourth-order valence-corrected chi connectivity index (χ4v) is 1.57. The van der Waals surface area contributed by atoms with Gasteiger partial charge >= 0.3 is 0 Å². The van der Waals surface area contributed by atoms with Crippen molar-refractivity contribution in [2.24, 2.45) is 5.92 Å². The summed E-state index contributed by atoms with van der Waals surface area (Å²) in [5.74, 6) is 0.242. The summed E-state index contributed by atoms with van der Waals surface area (Å²) < 4.78 is 11.8. The Morgan fingerprint density at radius 2 is 2.08 bits per heavy atom. The lowest BCUT2D eigenvalue weighted by atomic mass is 9.99.